The van der Waals surface area contributed by atoms with E-state index in [9.17, 15) is 4.79 Å². The molecule has 22 heavy (non-hydrogen) atoms. The quantitative estimate of drug-likeness (QED) is 0.796. The molecule has 1 N–H and O–H groups in total. The van der Waals surface area contributed by atoms with E-state index in [1.54, 1.807) is 13.2 Å². The number of hydrogen-bond donors (Lipinski definition) is 1. The minimum atomic E-state index is -0.363. The van der Waals surface area contributed by atoms with Crippen molar-refractivity contribution < 1.29 is 13.9 Å². The van der Waals surface area contributed by atoms with E-state index in [1.807, 2.05) is 44.2 Å². The van der Waals surface area contributed by atoms with Crippen LogP contribution in [-0.2, 0) is 16.1 Å². The maximum absolute atomic E-state index is 11.6. The molecule has 118 valence electrons. The van der Waals surface area contributed by atoms with Crippen LogP contribution in [0.4, 0.5) is 0 Å². The van der Waals surface area contributed by atoms with E-state index < -0.39 is 0 Å². The number of nitrogens with zero attached hydrogens (tertiary/aromatic N) is 1. The third kappa shape index (κ3) is 4.70. The lowest BCUT2D eigenvalue weighted by Gasteiger charge is -2.24. The molecular weight excluding hydrogens is 280 g/mol. The summed E-state index contributed by atoms with van der Waals surface area (Å²) in [5.41, 5.74) is 1.38. The van der Waals surface area contributed by atoms with E-state index in [1.165, 1.54) is 0 Å². The second-order valence-electron chi connectivity index (χ2n) is 5.73. The van der Waals surface area contributed by atoms with Gasteiger partial charge in [0, 0.05) is 17.6 Å². The van der Waals surface area contributed by atoms with Gasteiger partial charge in [-0.25, -0.2) is 4.98 Å². The Morgan fingerprint density at radius 3 is 2.73 bits per heavy atom. The Morgan fingerprint density at radius 1 is 1.32 bits per heavy atom. The van der Waals surface area contributed by atoms with Crippen LogP contribution < -0.4 is 5.32 Å². The Bertz CT molecular complexity index is 605. The highest BCUT2D eigenvalue weighted by molar-refractivity contribution is 5.70. The standard InChI is InChI=1S/C17H22N2O3/c1-4-21-15(20)10-17(2,3)18-11-14-12-22-16(19-14)13-8-6-5-7-9-13/h5-9,12,18H,4,10-11H2,1-3H3. The molecule has 0 bridgehead atoms. The average Bonchev–Trinajstić information content (AvgIpc) is 2.95. The summed E-state index contributed by atoms with van der Waals surface area (Å²) >= 11 is 0. The first-order chi connectivity index (χ1) is 10.5. The van der Waals surface area contributed by atoms with Crippen molar-refractivity contribution in [2.75, 3.05) is 6.61 Å². The van der Waals surface area contributed by atoms with E-state index in [-0.39, 0.29) is 11.5 Å². The Morgan fingerprint density at radius 2 is 2.05 bits per heavy atom. The van der Waals surface area contributed by atoms with Crippen LogP contribution in [0.25, 0.3) is 11.5 Å². The average molecular weight is 302 g/mol. The van der Waals surface area contributed by atoms with E-state index in [0.29, 0.717) is 25.5 Å². The Balaban J connectivity index is 1.92. The highest BCUT2D eigenvalue weighted by atomic mass is 16.5. The molecule has 0 saturated heterocycles. The van der Waals surface area contributed by atoms with E-state index in [2.05, 4.69) is 10.3 Å². The van der Waals surface area contributed by atoms with Crippen LogP contribution in [0.15, 0.2) is 41.0 Å². The van der Waals surface area contributed by atoms with Crippen molar-refractivity contribution in [1.29, 1.82) is 0 Å². The van der Waals surface area contributed by atoms with Crippen molar-refractivity contribution in [2.24, 2.45) is 0 Å². The number of hydrogen-bond acceptors (Lipinski definition) is 5. The van der Waals surface area contributed by atoms with Crippen molar-refractivity contribution in [3.05, 3.63) is 42.3 Å². The maximum Gasteiger partial charge on any atom is 0.307 e. The van der Waals surface area contributed by atoms with Gasteiger partial charge in [0.25, 0.3) is 0 Å². The molecule has 0 aliphatic rings. The number of oxazole rings is 1. The lowest BCUT2D eigenvalue weighted by Crippen LogP contribution is -2.41. The molecule has 0 atom stereocenters. The molecule has 5 nitrogen and oxygen atoms in total. The predicted molar refractivity (Wildman–Crippen MR) is 84.1 cm³/mol. The van der Waals surface area contributed by atoms with Gasteiger partial charge in [-0.15, -0.1) is 0 Å². The number of carbonyl (C=O) groups is 1. The normalized spacial score (nSPS) is 11.4. The van der Waals surface area contributed by atoms with E-state index in [0.717, 1.165) is 11.3 Å². The van der Waals surface area contributed by atoms with Crippen LogP contribution in [-0.4, -0.2) is 23.1 Å². The topological polar surface area (TPSA) is 64.4 Å². The third-order valence-corrected chi connectivity index (χ3v) is 3.21. The second-order valence-corrected chi connectivity index (χ2v) is 5.73. The van der Waals surface area contributed by atoms with Gasteiger partial charge >= 0.3 is 5.97 Å². The summed E-state index contributed by atoms with van der Waals surface area (Å²) in [5, 5.41) is 3.31. The van der Waals surface area contributed by atoms with E-state index in [4.69, 9.17) is 9.15 Å². The van der Waals surface area contributed by atoms with Gasteiger partial charge in [-0.05, 0) is 32.9 Å². The van der Waals surface area contributed by atoms with Crippen molar-refractivity contribution >= 4 is 5.97 Å². The van der Waals surface area contributed by atoms with Crippen molar-refractivity contribution in [1.82, 2.24) is 10.3 Å². The van der Waals surface area contributed by atoms with Gasteiger partial charge in [-0.2, -0.15) is 0 Å². The Hall–Kier alpha value is -2.14. The first kappa shape index (κ1) is 16.2. The zero-order valence-corrected chi connectivity index (χ0v) is 13.3. The minimum absolute atomic E-state index is 0.204. The number of aromatic nitrogens is 1. The maximum atomic E-state index is 11.6. The van der Waals surface area contributed by atoms with Crippen LogP contribution >= 0.6 is 0 Å². The first-order valence-electron chi connectivity index (χ1n) is 7.40. The lowest BCUT2D eigenvalue weighted by molar-refractivity contribution is -0.144. The van der Waals surface area contributed by atoms with Gasteiger partial charge < -0.3 is 14.5 Å². The fraction of sp³-hybridized carbons (Fsp3) is 0.412. The monoisotopic (exact) mass is 302 g/mol. The molecule has 0 spiro atoms. The van der Waals surface area contributed by atoms with E-state index >= 15 is 0 Å². The molecular formula is C17H22N2O3. The van der Waals surface area contributed by atoms with Crippen molar-refractivity contribution in [3.8, 4) is 11.5 Å². The van der Waals surface area contributed by atoms with Gasteiger partial charge in [0.05, 0.1) is 18.7 Å². The molecule has 0 aliphatic carbocycles. The number of ether oxygens (including phenoxy) is 1. The predicted octanol–water partition coefficient (Wildman–Crippen LogP) is 3.16. The second kappa shape index (κ2) is 7.22. The number of benzene rings is 1. The summed E-state index contributed by atoms with van der Waals surface area (Å²) < 4.78 is 10.5. The number of nitrogens with one attached hydrogen (secondary N) is 1. The van der Waals surface area contributed by atoms with Crippen LogP contribution in [0.2, 0.25) is 0 Å². The van der Waals surface area contributed by atoms with Crippen LogP contribution in [0, 0.1) is 0 Å². The van der Waals surface area contributed by atoms with Gasteiger partial charge in [0.15, 0.2) is 0 Å². The minimum Gasteiger partial charge on any atom is -0.466 e. The van der Waals surface area contributed by atoms with Gasteiger partial charge in [0.1, 0.15) is 6.26 Å². The van der Waals surface area contributed by atoms with Gasteiger partial charge in [0.2, 0.25) is 5.89 Å². The molecule has 5 heteroatoms. The largest absolute Gasteiger partial charge is 0.466 e. The zero-order valence-electron chi connectivity index (χ0n) is 13.3. The van der Waals surface area contributed by atoms with Gasteiger partial charge in [-0.3, -0.25) is 4.79 Å². The summed E-state index contributed by atoms with van der Waals surface area (Å²) in [6.07, 6.45) is 1.94. The van der Waals surface area contributed by atoms with Crippen molar-refractivity contribution in [3.63, 3.8) is 0 Å². The third-order valence-electron chi connectivity index (χ3n) is 3.21. The molecule has 2 rings (SSSR count). The Labute approximate surface area is 130 Å². The molecule has 0 unspecified atom stereocenters. The number of rotatable bonds is 7. The Kier molecular flexibility index (Phi) is 5.33. The first-order valence-corrected chi connectivity index (χ1v) is 7.40. The van der Waals surface area contributed by atoms with Crippen LogP contribution in [0.5, 0.6) is 0 Å². The molecule has 0 amide bonds. The smallest absolute Gasteiger partial charge is 0.307 e. The van der Waals surface area contributed by atoms with Crippen LogP contribution in [0.1, 0.15) is 32.9 Å². The summed E-state index contributed by atoms with van der Waals surface area (Å²) in [5.74, 6) is 0.394. The highest BCUT2D eigenvalue weighted by Crippen LogP contribution is 2.18. The summed E-state index contributed by atoms with van der Waals surface area (Å²) in [6.45, 7) is 6.66. The highest BCUT2D eigenvalue weighted by Gasteiger charge is 2.22. The zero-order chi connectivity index (χ0) is 16.0. The SMILES string of the molecule is CCOC(=O)CC(C)(C)NCc1coc(-c2ccccc2)n1. The molecule has 0 aliphatic heterocycles. The molecule has 0 saturated carbocycles. The lowest BCUT2D eigenvalue weighted by atomic mass is 10.0. The molecule has 1 heterocycles. The summed E-state index contributed by atoms with van der Waals surface area (Å²) in [7, 11) is 0. The molecule has 2 aromatic rings. The van der Waals surface area contributed by atoms with Crippen LogP contribution in [0.3, 0.4) is 0 Å². The number of esters is 1. The number of carbonyl (C=O) groups excluding carboxylic acids is 1. The van der Waals surface area contributed by atoms with Gasteiger partial charge in [-0.1, -0.05) is 18.2 Å². The summed E-state index contributed by atoms with van der Waals surface area (Å²) in [6, 6.07) is 9.74. The molecule has 1 aromatic carbocycles. The summed E-state index contributed by atoms with van der Waals surface area (Å²) in [4.78, 5) is 16.0. The molecule has 0 fully saturated rings. The van der Waals surface area contributed by atoms with Crippen molar-refractivity contribution in [2.45, 2.75) is 39.3 Å². The fourth-order valence-corrected chi connectivity index (χ4v) is 2.07. The molecule has 1 aromatic heterocycles. The fourth-order valence-electron chi connectivity index (χ4n) is 2.07. The molecule has 0 radical (unpaired) electrons.